The maximum absolute atomic E-state index is 12.8. The van der Waals surface area contributed by atoms with Crippen molar-refractivity contribution in [1.29, 1.82) is 0 Å². The number of aromatic nitrogens is 2. The topological polar surface area (TPSA) is 34.9 Å². The van der Waals surface area contributed by atoms with Crippen LogP contribution in [0.1, 0.15) is 0 Å². The van der Waals surface area contributed by atoms with Crippen molar-refractivity contribution in [3.63, 3.8) is 0 Å². The third-order valence-corrected chi connectivity index (χ3v) is 5.23. The van der Waals surface area contributed by atoms with E-state index in [1.165, 1.54) is 0 Å². The molecule has 0 N–H and O–H groups in total. The molecule has 0 spiro atoms. The fraction of sp³-hybridized carbons (Fsp3) is 0.0500. The Balaban J connectivity index is 1.83. The summed E-state index contributed by atoms with van der Waals surface area (Å²) in [6, 6.07) is 27.6. The summed E-state index contributed by atoms with van der Waals surface area (Å²) in [7, 11) is -1.13. The van der Waals surface area contributed by atoms with Crippen molar-refractivity contribution in [3.8, 4) is 11.4 Å². The highest BCUT2D eigenvalue weighted by Gasteiger charge is 2.15. The summed E-state index contributed by atoms with van der Waals surface area (Å²) in [4.78, 5) is 5.59. The van der Waals surface area contributed by atoms with Crippen LogP contribution in [0.4, 0.5) is 0 Å². The summed E-state index contributed by atoms with van der Waals surface area (Å²) in [5.74, 6) is 1.23. The van der Waals surface area contributed by atoms with Crippen molar-refractivity contribution in [2.75, 3.05) is 0 Å². The fourth-order valence-electron chi connectivity index (χ4n) is 2.78. The summed E-state index contributed by atoms with van der Waals surface area (Å²) < 4.78 is 14.9. The molecule has 0 saturated heterocycles. The lowest BCUT2D eigenvalue weighted by molar-refractivity contribution is 0.674. The molecular formula is C20H16N2OS. The highest BCUT2D eigenvalue weighted by atomic mass is 32.2. The molecule has 4 rings (SSSR count). The normalized spacial score (nSPS) is 12.3. The van der Waals surface area contributed by atoms with Crippen LogP contribution in [-0.2, 0) is 16.7 Å². The Labute approximate surface area is 143 Å². The van der Waals surface area contributed by atoms with E-state index in [-0.39, 0.29) is 0 Å². The second-order valence-corrected chi connectivity index (χ2v) is 6.93. The van der Waals surface area contributed by atoms with Gasteiger partial charge in [-0.2, -0.15) is 0 Å². The number of para-hydroxylation sites is 2. The quantitative estimate of drug-likeness (QED) is 0.553. The van der Waals surface area contributed by atoms with Crippen LogP contribution in [0.3, 0.4) is 0 Å². The Morgan fingerprint density at radius 3 is 2.17 bits per heavy atom. The summed E-state index contributed by atoms with van der Waals surface area (Å²) in [6.45, 7) is 0. The van der Waals surface area contributed by atoms with Gasteiger partial charge < -0.3 is 4.57 Å². The van der Waals surface area contributed by atoms with E-state index in [0.717, 1.165) is 27.3 Å². The standard InChI is InChI=1S/C20H16N2OS/c23-24(17-11-5-2-6-12-17)15-22-19-14-8-7-13-18(19)21-20(22)16-9-3-1-4-10-16/h1-14H,15H2. The molecule has 1 unspecified atom stereocenters. The van der Waals surface area contributed by atoms with Crippen molar-refractivity contribution in [2.24, 2.45) is 0 Å². The molecule has 0 radical (unpaired) electrons. The average Bonchev–Trinajstić information content (AvgIpc) is 3.02. The van der Waals surface area contributed by atoms with Gasteiger partial charge in [-0.25, -0.2) is 4.98 Å². The van der Waals surface area contributed by atoms with Gasteiger partial charge >= 0.3 is 0 Å². The van der Waals surface area contributed by atoms with Crippen molar-refractivity contribution in [2.45, 2.75) is 10.8 Å². The Bertz CT molecular complexity index is 994. The summed E-state index contributed by atoms with van der Waals surface area (Å²) >= 11 is 0. The zero-order valence-electron chi connectivity index (χ0n) is 13.0. The van der Waals surface area contributed by atoms with Crippen molar-refractivity contribution in [3.05, 3.63) is 84.9 Å². The number of fused-ring (bicyclic) bond motifs is 1. The number of hydrogen-bond donors (Lipinski definition) is 0. The minimum Gasteiger partial charge on any atom is -0.311 e. The fourth-order valence-corrected chi connectivity index (χ4v) is 3.88. The van der Waals surface area contributed by atoms with Crippen LogP contribution in [0.5, 0.6) is 0 Å². The first-order valence-corrected chi connectivity index (χ1v) is 9.09. The zero-order valence-corrected chi connectivity index (χ0v) is 13.8. The molecule has 4 aromatic rings. The van der Waals surface area contributed by atoms with Crippen molar-refractivity contribution >= 4 is 21.8 Å². The van der Waals surface area contributed by atoms with Gasteiger partial charge in [0.2, 0.25) is 0 Å². The number of rotatable bonds is 4. The largest absolute Gasteiger partial charge is 0.311 e. The van der Waals surface area contributed by atoms with Crippen molar-refractivity contribution < 1.29 is 4.21 Å². The van der Waals surface area contributed by atoms with Crippen LogP contribution in [0, 0.1) is 0 Å². The van der Waals surface area contributed by atoms with Crippen LogP contribution < -0.4 is 0 Å². The van der Waals surface area contributed by atoms with Gasteiger partial charge in [0, 0.05) is 10.5 Å². The highest BCUT2D eigenvalue weighted by molar-refractivity contribution is 7.84. The minimum absolute atomic E-state index is 0.384. The van der Waals surface area contributed by atoms with Gasteiger partial charge in [0.05, 0.1) is 21.8 Å². The molecule has 1 aromatic heterocycles. The second kappa shape index (κ2) is 6.42. The minimum atomic E-state index is -1.13. The Kier molecular flexibility index (Phi) is 3.97. The molecule has 3 nitrogen and oxygen atoms in total. The molecule has 0 bridgehead atoms. The molecule has 1 atom stereocenters. The molecule has 0 amide bonds. The predicted molar refractivity (Wildman–Crippen MR) is 98.0 cm³/mol. The molecular weight excluding hydrogens is 316 g/mol. The van der Waals surface area contributed by atoms with Crippen molar-refractivity contribution in [1.82, 2.24) is 9.55 Å². The molecule has 0 saturated carbocycles. The van der Waals surface area contributed by atoms with E-state index < -0.39 is 10.8 Å². The Morgan fingerprint density at radius 2 is 1.42 bits per heavy atom. The molecule has 0 aliphatic carbocycles. The predicted octanol–water partition coefficient (Wildman–Crippen LogP) is 4.47. The number of hydrogen-bond acceptors (Lipinski definition) is 2. The third kappa shape index (κ3) is 2.76. The lowest BCUT2D eigenvalue weighted by Crippen LogP contribution is -2.06. The molecule has 0 fully saturated rings. The molecule has 24 heavy (non-hydrogen) atoms. The molecule has 0 aliphatic rings. The van der Waals surface area contributed by atoms with Crippen LogP contribution in [0.25, 0.3) is 22.4 Å². The van der Waals surface area contributed by atoms with E-state index in [1.54, 1.807) is 0 Å². The maximum atomic E-state index is 12.8. The van der Waals surface area contributed by atoms with E-state index in [9.17, 15) is 4.21 Å². The van der Waals surface area contributed by atoms with E-state index in [1.807, 2.05) is 89.5 Å². The van der Waals surface area contributed by atoms with Gasteiger partial charge in [0.15, 0.2) is 0 Å². The molecule has 0 aliphatic heterocycles. The lowest BCUT2D eigenvalue weighted by atomic mass is 10.2. The first-order chi connectivity index (χ1) is 11.8. The lowest BCUT2D eigenvalue weighted by Gasteiger charge is -2.09. The maximum Gasteiger partial charge on any atom is 0.141 e. The van der Waals surface area contributed by atoms with Crippen LogP contribution in [0.15, 0.2) is 89.8 Å². The average molecular weight is 332 g/mol. The van der Waals surface area contributed by atoms with Gasteiger partial charge in [-0.3, -0.25) is 4.21 Å². The number of nitrogens with zero attached hydrogens (tertiary/aromatic N) is 2. The zero-order chi connectivity index (χ0) is 16.4. The summed E-state index contributed by atoms with van der Waals surface area (Å²) in [5, 5.41) is 0. The van der Waals surface area contributed by atoms with E-state index in [4.69, 9.17) is 4.98 Å². The summed E-state index contributed by atoms with van der Waals surface area (Å²) in [6.07, 6.45) is 0. The van der Waals surface area contributed by atoms with E-state index in [2.05, 4.69) is 0 Å². The first-order valence-electron chi connectivity index (χ1n) is 7.77. The second-order valence-electron chi connectivity index (χ2n) is 5.51. The Morgan fingerprint density at radius 1 is 0.792 bits per heavy atom. The molecule has 118 valence electrons. The van der Waals surface area contributed by atoms with Gasteiger partial charge in [-0.15, -0.1) is 0 Å². The monoisotopic (exact) mass is 332 g/mol. The van der Waals surface area contributed by atoms with Gasteiger partial charge in [0.1, 0.15) is 11.7 Å². The number of benzene rings is 3. The molecule has 4 heteroatoms. The van der Waals surface area contributed by atoms with E-state index in [0.29, 0.717) is 5.88 Å². The smallest absolute Gasteiger partial charge is 0.141 e. The van der Waals surface area contributed by atoms with Gasteiger partial charge in [0.25, 0.3) is 0 Å². The van der Waals surface area contributed by atoms with E-state index >= 15 is 0 Å². The van der Waals surface area contributed by atoms with Gasteiger partial charge in [-0.05, 0) is 24.3 Å². The molecule has 3 aromatic carbocycles. The van der Waals surface area contributed by atoms with Crippen LogP contribution in [0.2, 0.25) is 0 Å². The van der Waals surface area contributed by atoms with Crippen LogP contribution in [-0.4, -0.2) is 13.8 Å². The van der Waals surface area contributed by atoms with Gasteiger partial charge in [-0.1, -0.05) is 60.7 Å². The molecule has 1 heterocycles. The SMILES string of the molecule is O=S(Cn1c(-c2ccccc2)nc2ccccc21)c1ccccc1. The third-order valence-electron chi connectivity index (χ3n) is 3.94. The highest BCUT2D eigenvalue weighted by Crippen LogP contribution is 2.25. The first kappa shape index (κ1) is 14.8. The number of imidazole rings is 1. The van der Waals surface area contributed by atoms with Crippen LogP contribution >= 0.6 is 0 Å². The summed E-state index contributed by atoms with van der Waals surface area (Å²) in [5.41, 5.74) is 2.95. The Hall–Kier alpha value is -2.72.